The van der Waals surface area contributed by atoms with Gasteiger partial charge in [0.15, 0.2) is 5.13 Å². The predicted octanol–water partition coefficient (Wildman–Crippen LogP) is 2.60. The number of anilines is 1. The third-order valence-electron chi connectivity index (χ3n) is 3.32. The number of fused-ring (bicyclic) bond motifs is 1. The molecule has 114 valence electrons. The summed E-state index contributed by atoms with van der Waals surface area (Å²) < 4.78 is 27.7. The first-order valence-electron chi connectivity index (χ1n) is 6.83. The molecular weight excluding hydrogens is 326 g/mol. The van der Waals surface area contributed by atoms with Gasteiger partial charge in [0, 0.05) is 16.3 Å². The summed E-state index contributed by atoms with van der Waals surface area (Å²) in [5.74, 6) is 0. The Labute approximate surface area is 132 Å². The average molecular weight is 343 g/mol. The molecule has 0 amide bonds. The highest BCUT2D eigenvalue weighted by atomic mass is 32.2. The fraction of sp³-hybridized carbons (Fsp3) is 0.462. The molecule has 0 bridgehead atoms. The van der Waals surface area contributed by atoms with Crippen LogP contribution in [0, 0.1) is 0 Å². The van der Waals surface area contributed by atoms with Crippen molar-refractivity contribution in [2.24, 2.45) is 0 Å². The molecule has 0 fully saturated rings. The van der Waals surface area contributed by atoms with Gasteiger partial charge in [0.05, 0.1) is 5.69 Å². The van der Waals surface area contributed by atoms with Crippen LogP contribution >= 0.6 is 22.7 Å². The van der Waals surface area contributed by atoms with Gasteiger partial charge in [0.1, 0.15) is 4.21 Å². The molecule has 21 heavy (non-hydrogen) atoms. The highest BCUT2D eigenvalue weighted by molar-refractivity contribution is 7.94. The maximum atomic E-state index is 12.4. The summed E-state index contributed by atoms with van der Waals surface area (Å²) in [4.78, 5) is 6.64. The second kappa shape index (κ2) is 6.04. The Bertz CT molecular complexity index is 710. The number of rotatable bonds is 5. The Balaban J connectivity index is 1.80. The maximum Gasteiger partial charge on any atom is 0.273 e. The Morgan fingerprint density at radius 2 is 2.05 bits per heavy atom. The lowest BCUT2D eigenvalue weighted by molar-refractivity contribution is 0.603. The van der Waals surface area contributed by atoms with Crippen molar-refractivity contribution in [1.29, 1.82) is 0 Å². The number of nitrogens with one attached hydrogen (secondary N) is 2. The van der Waals surface area contributed by atoms with E-state index in [4.69, 9.17) is 0 Å². The standard InChI is InChI=1S/C13H17N3O2S3/c1-14-8-9-6-7-12(19-9)21(17,18)16-13-15-10-4-2-3-5-11(10)20-13/h6-7,14H,2-5,8H2,1H3,(H,15,16). The molecule has 0 saturated carbocycles. The van der Waals surface area contributed by atoms with E-state index in [0.717, 1.165) is 29.8 Å². The Kier molecular flexibility index (Phi) is 4.30. The fourth-order valence-corrected chi connectivity index (χ4v) is 5.99. The van der Waals surface area contributed by atoms with E-state index >= 15 is 0 Å². The highest BCUT2D eigenvalue weighted by Crippen LogP contribution is 2.31. The second-order valence-corrected chi connectivity index (χ2v) is 9.11. The van der Waals surface area contributed by atoms with Gasteiger partial charge >= 0.3 is 0 Å². The van der Waals surface area contributed by atoms with Crippen molar-refractivity contribution in [3.63, 3.8) is 0 Å². The van der Waals surface area contributed by atoms with Crippen LogP contribution in [-0.2, 0) is 29.4 Å². The van der Waals surface area contributed by atoms with Gasteiger partial charge in [-0.1, -0.05) is 0 Å². The zero-order valence-electron chi connectivity index (χ0n) is 11.7. The van der Waals surface area contributed by atoms with E-state index in [2.05, 4.69) is 15.0 Å². The Morgan fingerprint density at radius 1 is 1.24 bits per heavy atom. The summed E-state index contributed by atoms with van der Waals surface area (Å²) in [6, 6.07) is 3.48. The van der Waals surface area contributed by atoms with Crippen molar-refractivity contribution in [1.82, 2.24) is 10.3 Å². The molecule has 1 aliphatic carbocycles. The molecule has 8 heteroatoms. The van der Waals surface area contributed by atoms with Crippen molar-refractivity contribution < 1.29 is 8.42 Å². The molecule has 0 spiro atoms. The summed E-state index contributed by atoms with van der Waals surface area (Å²) in [6.07, 6.45) is 4.28. The summed E-state index contributed by atoms with van der Waals surface area (Å²) >= 11 is 2.75. The van der Waals surface area contributed by atoms with Crippen LogP contribution in [0.25, 0.3) is 0 Å². The minimum absolute atomic E-state index is 0.334. The van der Waals surface area contributed by atoms with Gasteiger partial charge in [0.25, 0.3) is 10.0 Å². The van der Waals surface area contributed by atoms with Gasteiger partial charge in [0.2, 0.25) is 0 Å². The zero-order valence-corrected chi connectivity index (χ0v) is 14.1. The lowest BCUT2D eigenvalue weighted by Gasteiger charge is -2.06. The zero-order chi connectivity index (χ0) is 14.9. The number of hydrogen-bond donors (Lipinski definition) is 2. The van der Waals surface area contributed by atoms with Crippen LogP contribution in [0.1, 0.15) is 28.3 Å². The number of thiophene rings is 1. The van der Waals surface area contributed by atoms with Crippen LogP contribution in [0.5, 0.6) is 0 Å². The number of nitrogens with zero attached hydrogens (tertiary/aromatic N) is 1. The predicted molar refractivity (Wildman–Crippen MR) is 86.6 cm³/mol. The molecular formula is C13H17N3O2S3. The molecule has 2 aromatic heterocycles. The fourth-order valence-electron chi connectivity index (χ4n) is 2.33. The normalized spacial score (nSPS) is 14.9. The number of hydrogen-bond acceptors (Lipinski definition) is 6. The van der Waals surface area contributed by atoms with E-state index in [0.29, 0.717) is 15.9 Å². The van der Waals surface area contributed by atoms with Gasteiger partial charge in [-0.05, 0) is 44.9 Å². The molecule has 0 unspecified atom stereocenters. The molecule has 2 N–H and O–H groups in total. The lowest BCUT2D eigenvalue weighted by Crippen LogP contribution is -2.11. The van der Waals surface area contributed by atoms with Crippen LogP contribution in [0.15, 0.2) is 16.3 Å². The first kappa shape index (κ1) is 15.0. The van der Waals surface area contributed by atoms with Gasteiger partial charge in [-0.3, -0.25) is 4.72 Å². The van der Waals surface area contributed by atoms with E-state index in [-0.39, 0.29) is 0 Å². The topological polar surface area (TPSA) is 71.1 Å². The average Bonchev–Trinajstić information content (AvgIpc) is 3.04. The SMILES string of the molecule is CNCc1ccc(S(=O)(=O)Nc2nc3c(s2)CCCC3)s1. The Hall–Kier alpha value is -0.960. The third kappa shape index (κ3) is 3.28. The largest absolute Gasteiger partial charge is 0.315 e. The summed E-state index contributed by atoms with van der Waals surface area (Å²) in [6.45, 7) is 0.672. The second-order valence-electron chi connectivity index (χ2n) is 4.95. The highest BCUT2D eigenvalue weighted by Gasteiger charge is 2.21. The van der Waals surface area contributed by atoms with Crippen LogP contribution in [0.3, 0.4) is 0 Å². The lowest BCUT2D eigenvalue weighted by atomic mass is 10.0. The first-order valence-corrected chi connectivity index (χ1v) is 9.95. The third-order valence-corrected chi connectivity index (χ3v) is 7.44. The van der Waals surface area contributed by atoms with Crippen molar-refractivity contribution in [2.75, 3.05) is 11.8 Å². The summed E-state index contributed by atoms with van der Waals surface area (Å²) in [7, 11) is -1.68. The summed E-state index contributed by atoms with van der Waals surface area (Å²) in [5, 5.41) is 3.51. The quantitative estimate of drug-likeness (QED) is 0.875. The molecule has 0 saturated heterocycles. The van der Waals surface area contributed by atoms with Crippen LogP contribution in [0.2, 0.25) is 0 Å². The molecule has 2 aromatic rings. The minimum Gasteiger partial charge on any atom is -0.315 e. The van der Waals surface area contributed by atoms with Crippen LogP contribution in [0.4, 0.5) is 5.13 Å². The van der Waals surface area contributed by atoms with Crippen molar-refractivity contribution in [3.05, 3.63) is 27.6 Å². The van der Waals surface area contributed by atoms with E-state index in [1.807, 2.05) is 13.1 Å². The van der Waals surface area contributed by atoms with E-state index < -0.39 is 10.0 Å². The van der Waals surface area contributed by atoms with Gasteiger partial charge in [-0.15, -0.1) is 22.7 Å². The molecule has 0 radical (unpaired) electrons. The monoisotopic (exact) mass is 343 g/mol. The number of aryl methyl sites for hydroxylation is 2. The number of sulfonamides is 1. The van der Waals surface area contributed by atoms with Crippen LogP contribution in [-0.4, -0.2) is 20.4 Å². The molecule has 0 aromatic carbocycles. The minimum atomic E-state index is -3.52. The van der Waals surface area contributed by atoms with E-state index in [9.17, 15) is 8.42 Å². The summed E-state index contributed by atoms with van der Waals surface area (Å²) in [5.41, 5.74) is 1.06. The van der Waals surface area contributed by atoms with Gasteiger partial charge in [-0.25, -0.2) is 13.4 Å². The molecule has 3 rings (SSSR count). The van der Waals surface area contributed by atoms with Gasteiger partial charge in [-0.2, -0.15) is 0 Å². The van der Waals surface area contributed by atoms with E-state index in [1.165, 1.54) is 34.0 Å². The Morgan fingerprint density at radius 3 is 2.81 bits per heavy atom. The van der Waals surface area contributed by atoms with E-state index in [1.54, 1.807) is 6.07 Å². The van der Waals surface area contributed by atoms with Crippen molar-refractivity contribution in [3.8, 4) is 0 Å². The molecule has 5 nitrogen and oxygen atoms in total. The smallest absolute Gasteiger partial charge is 0.273 e. The first-order chi connectivity index (χ1) is 10.1. The van der Waals surface area contributed by atoms with Crippen molar-refractivity contribution in [2.45, 2.75) is 36.4 Å². The number of thiazole rings is 1. The van der Waals surface area contributed by atoms with Gasteiger partial charge < -0.3 is 5.32 Å². The molecule has 2 heterocycles. The number of aromatic nitrogens is 1. The van der Waals surface area contributed by atoms with Crippen molar-refractivity contribution >= 4 is 37.8 Å². The molecule has 1 aliphatic rings. The molecule has 0 atom stereocenters. The molecule has 0 aliphatic heterocycles. The van der Waals surface area contributed by atoms with Crippen LogP contribution < -0.4 is 10.0 Å². The maximum absolute atomic E-state index is 12.4.